The van der Waals surface area contributed by atoms with Crippen molar-refractivity contribution >= 4 is 14.7 Å². The highest BCUT2D eigenvalue weighted by molar-refractivity contribution is 6.60. The Kier molecular flexibility index (Phi) is 14.3. The van der Waals surface area contributed by atoms with Gasteiger partial charge in [-0.1, -0.05) is 46.5 Å². The predicted octanol–water partition coefficient (Wildman–Crippen LogP) is 3.90. The van der Waals surface area contributed by atoms with Gasteiger partial charge < -0.3 is 23.7 Å². The van der Waals surface area contributed by atoms with Gasteiger partial charge in [-0.25, -0.2) is 0 Å². The highest BCUT2D eigenvalue weighted by Gasteiger charge is 2.39. The van der Waals surface area contributed by atoms with Crippen LogP contribution in [0, 0.1) is 5.41 Å². The first-order valence-corrected chi connectivity index (χ1v) is 12.3. The quantitative estimate of drug-likeness (QED) is 0.283. The normalized spacial score (nSPS) is 13.6. The van der Waals surface area contributed by atoms with E-state index < -0.39 is 8.80 Å². The summed E-state index contributed by atoms with van der Waals surface area (Å²) in [5.41, 5.74) is -0.0672. The van der Waals surface area contributed by atoms with E-state index >= 15 is 0 Å². The lowest BCUT2D eigenvalue weighted by atomic mass is 9.90. The topological polar surface area (TPSA) is 77.0 Å². The van der Waals surface area contributed by atoms with Crippen LogP contribution in [0.25, 0.3) is 0 Å². The lowest BCUT2D eigenvalue weighted by Crippen LogP contribution is -2.44. The molecule has 0 aromatic carbocycles. The smallest absolute Gasteiger partial charge is 0.393 e. The van der Waals surface area contributed by atoms with Crippen LogP contribution in [-0.4, -0.2) is 53.8 Å². The van der Waals surface area contributed by atoms with E-state index in [-0.39, 0.29) is 17.4 Å². The first-order chi connectivity index (χ1) is 12.7. The third-order valence-electron chi connectivity index (χ3n) is 5.14. The molecule has 0 aromatic rings. The summed E-state index contributed by atoms with van der Waals surface area (Å²) in [6, 6.07) is 0.712. The lowest BCUT2D eigenvalue weighted by Gasteiger charge is -2.30. The minimum atomic E-state index is -2.57. The summed E-state index contributed by atoms with van der Waals surface area (Å²) in [5, 5.41) is 13.0. The molecule has 1 atom stereocenters. The minimum Gasteiger partial charge on any atom is -0.393 e. The molecule has 0 heterocycles. The second-order valence-corrected chi connectivity index (χ2v) is 11.2. The van der Waals surface area contributed by atoms with Crippen LogP contribution < -0.4 is 5.32 Å². The van der Waals surface area contributed by atoms with Crippen LogP contribution in [0.2, 0.25) is 6.04 Å². The van der Waals surface area contributed by atoms with E-state index in [2.05, 4.69) is 26.1 Å². The second-order valence-electron chi connectivity index (χ2n) is 8.13. The number of carbonyl (C=O) groups is 1. The van der Waals surface area contributed by atoms with Gasteiger partial charge in [-0.05, 0) is 31.1 Å². The molecule has 1 amide bonds. The Labute approximate surface area is 167 Å². The number of nitrogens with one attached hydrogen (secondary N) is 1. The van der Waals surface area contributed by atoms with Crippen molar-refractivity contribution < 1.29 is 23.2 Å². The predicted molar refractivity (Wildman–Crippen MR) is 112 cm³/mol. The fourth-order valence-electron chi connectivity index (χ4n) is 3.01. The van der Waals surface area contributed by atoms with Crippen molar-refractivity contribution in [2.24, 2.45) is 5.41 Å². The molecular weight excluding hydrogens is 362 g/mol. The molecule has 0 aliphatic carbocycles. The standard InChI is InChI=1S/C20H43NO5Si/c1-7-8-9-10-12-18(22)13-11-14-19(23)21-17-20(2,3)15-16-27(24-4,25-5)26-6/h18,22H,7-17H2,1-6H3,(H,21,23). The van der Waals surface area contributed by atoms with Gasteiger partial charge in [0.05, 0.1) is 6.10 Å². The molecule has 0 spiro atoms. The third-order valence-corrected chi connectivity index (χ3v) is 7.87. The van der Waals surface area contributed by atoms with E-state index in [1.807, 2.05) is 0 Å². The van der Waals surface area contributed by atoms with Gasteiger partial charge in [0.15, 0.2) is 0 Å². The molecule has 7 heteroatoms. The number of unbranched alkanes of at least 4 members (excludes halogenated alkanes) is 3. The van der Waals surface area contributed by atoms with E-state index in [0.29, 0.717) is 25.4 Å². The zero-order valence-corrected chi connectivity index (χ0v) is 19.4. The molecule has 6 nitrogen and oxygen atoms in total. The lowest BCUT2D eigenvalue weighted by molar-refractivity contribution is -0.121. The van der Waals surface area contributed by atoms with Crippen molar-refractivity contribution in [1.29, 1.82) is 0 Å². The number of hydrogen-bond acceptors (Lipinski definition) is 5. The zero-order chi connectivity index (χ0) is 20.8. The Morgan fingerprint density at radius 2 is 1.63 bits per heavy atom. The average Bonchev–Trinajstić information content (AvgIpc) is 2.65. The second kappa shape index (κ2) is 14.5. The maximum atomic E-state index is 12.1. The molecule has 0 radical (unpaired) electrons. The fourth-order valence-corrected chi connectivity index (χ4v) is 5.11. The molecule has 0 bridgehead atoms. The van der Waals surface area contributed by atoms with Crippen LogP contribution in [0.3, 0.4) is 0 Å². The maximum absolute atomic E-state index is 12.1. The molecule has 27 heavy (non-hydrogen) atoms. The molecular formula is C20H43NO5Si. The molecule has 0 rings (SSSR count). The highest BCUT2D eigenvalue weighted by Crippen LogP contribution is 2.27. The first kappa shape index (κ1) is 26.5. The monoisotopic (exact) mass is 405 g/mol. The van der Waals surface area contributed by atoms with Gasteiger partial charge in [-0.15, -0.1) is 0 Å². The van der Waals surface area contributed by atoms with E-state index in [1.165, 1.54) is 19.3 Å². The van der Waals surface area contributed by atoms with Gasteiger partial charge in [0.2, 0.25) is 5.91 Å². The molecule has 0 fully saturated rings. The molecule has 0 saturated heterocycles. The maximum Gasteiger partial charge on any atom is 0.500 e. The van der Waals surface area contributed by atoms with Crippen molar-refractivity contribution in [3.8, 4) is 0 Å². The Morgan fingerprint density at radius 3 is 2.19 bits per heavy atom. The summed E-state index contributed by atoms with van der Waals surface area (Å²) in [7, 11) is 2.28. The van der Waals surface area contributed by atoms with Gasteiger partial charge >= 0.3 is 8.80 Å². The van der Waals surface area contributed by atoms with E-state index in [0.717, 1.165) is 25.7 Å². The summed E-state index contributed by atoms with van der Waals surface area (Å²) >= 11 is 0. The van der Waals surface area contributed by atoms with Crippen LogP contribution in [0.1, 0.15) is 78.6 Å². The Morgan fingerprint density at radius 1 is 1.04 bits per heavy atom. The van der Waals surface area contributed by atoms with Crippen LogP contribution >= 0.6 is 0 Å². The summed E-state index contributed by atoms with van der Waals surface area (Å²) < 4.78 is 16.4. The SMILES string of the molecule is CCCCCCC(O)CCCC(=O)NCC(C)(C)CC[Si](OC)(OC)OC. The third kappa shape index (κ3) is 12.6. The molecule has 162 valence electrons. The molecule has 0 aromatic heterocycles. The minimum absolute atomic E-state index is 0.0509. The summed E-state index contributed by atoms with van der Waals surface area (Å²) in [6.07, 6.45) is 8.00. The van der Waals surface area contributed by atoms with Crippen LogP contribution in [0.15, 0.2) is 0 Å². The molecule has 0 aliphatic rings. The molecule has 0 aliphatic heterocycles. The van der Waals surface area contributed by atoms with Crippen molar-refractivity contribution in [2.75, 3.05) is 27.9 Å². The number of aliphatic hydroxyl groups is 1. The Hall–Kier alpha value is -0.473. The average molecular weight is 406 g/mol. The van der Waals surface area contributed by atoms with Crippen molar-refractivity contribution in [3.05, 3.63) is 0 Å². The van der Waals surface area contributed by atoms with Gasteiger partial charge in [-0.3, -0.25) is 4.79 Å². The van der Waals surface area contributed by atoms with Crippen LogP contribution in [0.4, 0.5) is 0 Å². The Balaban J connectivity index is 4.01. The van der Waals surface area contributed by atoms with Gasteiger partial charge in [0, 0.05) is 40.3 Å². The van der Waals surface area contributed by atoms with E-state index in [9.17, 15) is 9.90 Å². The van der Waals surface area contributed by atoms with Gasteiger partial charge in [-0.2, -0.15) is 0 Å². The number of hydrogen-bond donors (Lipinski definition) is 2. The number of aliphatic hydroxyl groups excluding tert-OH is 1. The molecule has 2 N–H and O–H groups in total. The largest absolute Gasteiger partial charge is 0.500 e. The van der Waals surface area contributed by atoms with E-state index in [1.54, 1.807) is 21.3 Å². The van der Waals surface area contributed by atoms with Crippen LogP contribution in [0.5, 0.6) is 0 Å². The fraction of sp³-hybridized carbons (Fsp3) is 0.950. The summed E-state index contributed by atoms with van der Waals surface area (Å²) in [4.78, 5) is 12.1. The van der Waals surface area contributed by atoms with E-state index in [4.69, 9.17) is 13.3 Å². The molecule has 1 unspecified atom stereocenters. The first-order valence-electron chi connectivity index (χ1n) is 10.3. The highest BCUT2D eigenvalue weighted by atomic mass is 28.4. The Bertz CT molecular complexity index is 380. The van der Waals surface area contributed by atoms with Crippen molar-refractivity contribution in [2.45, 2.75) is 90.7 Å². The molecule has 0 saturated carbocycles. The number of amides is 1. The van der Waals surface area contributed by atoms with Crippen LogP contribution in [-0.2, 0) is 18.1 Å². The number of rotatable bonds is 17. The number of carbonyl (C=O) groups excluding carboxylic acids is 1. The van der Waals surface area contributed by atoms with Gasteiger partial charge in [0.1, 0.15) is 0 Å². The van der Waals surface area contributed by atoms with Crippen molar-refractivity contribution in [1.82, 2.24) is 5.32 Å². The van der Waals surface area contributed by atoms with Crippen molar-refractivity contribution in [3.63, 3.8) is 0 Å². The van der Waals surface area contributed by atoms with Gasteiger partial charge in [0.25, 0.3) is 0 Å². The summed E-state index contributed by atoms with van der Waals surface area (Å²) in [5.74, 6) is 0.0509. The summed E-state index contributed by atoms with van der Waals surface area (Å²) in [6.45, 7) is 7.02. The zero-order valence-electron chi connectivity index (χ0n) is 18.4.